The van der Waals surface area contributed by atoms with Crippen LogP contribution in [0.15, 0.2) is 0 Å². The molecular weight excluding hydrogens is 528 g/mol. The van der Waals surface area contributed by atoms with E-state index in [1.807, 2.05) is 20.8 Å². The number of hydrogen-bond acceptors (Lipinski definition) is 6. The second-order valence-electron chi connectivity index (χ2n) is 11.2. The number of halogens is 4. The molecule has 0 radical (unpaired) electrons. The highest BCUT2D eigenvalue weighted by Crippen LogP contribution is 2.39. The molecule has 224 valence electrons. The maximum Gasteiger partial charge on any atom is 0.307 e. The van der Waals surface area contributed by atoms with E-state index in [9.17, 15) is 31.4 Å². The second-order valence-corrected chi connectivity index (χ2v) is 13.2. The number of nitrogens with two attached hydrogens (primary N) is 1. The van der Waals surface area contributed by atoms with Crippen LogP contribution in [0.3, 0.4) is 0 Å². The molecule has 0 unspecified atom stereocenters. The Balaban J connectivity index is 0.000000399. The third-order valence-corrected chi connectivity index (χ3v) is 8.54. The molecule has 2 fully saturated rings. The first-order valence-electron chi connectivity index (χ1n) is 13.5. The molecule has 0 heterocycles. The summed E-state index contributed by atoms with van der Waals surface area (Å²) < 4.78 is 76.9. The normalized spacial score (nSPS) is 22.4. The van der Waals surface area contributed by atoms with Crippen molar-refractivity contribution in [3.05, 3.63) is 0 Å². The Kier molecular flexibility index (Phi) is 14.2. The minimum Gasteiger partial charge on any atom is -0.466 e. The third kappa shape index (κ3) is 13.2. The van der Waals surface area contributed by atoms with Crippen LogP contribution in [0.4, 0.5) is 17.6 Å². The van der Waals surface area contributed by atoms with Crippen LogP contribution >= 0.6 is 0 Å². The minimum atomic E-state index is -2.62. The van der Waals surface area contributed by atoms with Crippen molar-refractivity contribution in [1.82, 2.24) is 4.72 Å². The molecule has 0 aromatic carbocycles. The van der Waals surface area contributed by atoms with Crippen molar-refractivity contribution in [1.29, 1.82) is 0 Å². The van der Waals surface area contributed by atoms with E-state index in [0.717, 1.165) is 0 Å². The molecule has 2 aliphatic rings. The summed E-state index contributed by atoms with van der Waals surface area (Å²) in [7, 11) is -1.35. The first kappa shape index (κ1) is 34.8. The van der Waals surface area contributed by atoms with Gasteiger partial charge in [0.15, 0.2) is 0 Å². The monoisotopic (exact) mass is 574 g/mol. The van der Waals surface area contributed by atoms with Gasteiger partial charge in [-0.1, -0.05) is 0 Å². The highest BCUT2D eigenvalue weighted by atomic mass is 32.2. The Morgan fingerprint density at radius 2 is 1.26 bits per heavy atom. The molecule has 12 heteroatoms. The van der Waals surface area contributed by atoms with Crippen LogP contribution in [0.5, 0.6) is 0 Å². The molecule has 0 aromatic rings. The number of rotatable bonds is 10. The van der Waals surface area contributed by atoms with Crippen LogP contribution in [0, 0.1) is 11.8 Å². The lowest BCUT2D eigenvalue weighted by Crippen LogP contribution is -2.46. The molecule has 0 aromatic heterocycles. The van der Waals surface area contributed by atoms with E-state index in [1.54, 1.807) is 13.8 Å². The molecule has 0 bridgehead atoms. The molecule has 7 nitrogen and oxygen atoms in total. The van der Waals surface area contributed by atoms with Gasteiger partial charge in [0, 0.05) is 37.8 Å². The summed E-state index contributed by atoms with van der Waals surface area (Å²) in [6.07, 6.45) is 1.04. The van der Waals surface area contributed by atoms with Gasteiger partial charge in [-0.15, -0.1) is 0 Å². The molecule has 0 saturated heterocycles. The van der Waals surface area contributed by atoms with Crippen LogP contribution in [0.25, 0.3) is 0 Å². The average Bonchev–Trinajstić information content (AvgIpc) is 2.78. The van der Waals surface area contributed by atoms with Crippen LogP contribution in [0.2, 0.25) is 0 Å². The van der Waals surface area contributed by atoms with Gasteiger partial charge < -0.3 is 15.2 Å². The van der Waals surface area contributed by atoms with Gasteiger partial charge in [0.1, 0.15) is 0 Å². The van der Waals surface area contributed by atoms with Gasteiger partial charge >= 0.3 is 11.9 Å². The topological polar surface area (TPSA) is 108 Å². The van der Waals surface area contributed by atoms with E-state index < -0.39 is 33.6 Å². The smallest absolute Gasteiger partial charge is 0.307 e. The Hall–Kier alpha value is -1.27. The second kappa shape index (κ2) is 15.5. The Labute approximate surface area is 226 Å². The van der Waals surface area contributed by atoms with Crippen LogP contribution in [-0.2, 0) is 30.0 Å². The van der Waals surface area contributed by atoms with Crippen molar-refractivity contribution in [3.63, 3.8) is 0 Å². The van der Waals surface area contributed by atoms with Crippen molar-refractivity contribution >= 4 is 22.9 Å². The van der Waals surface area contributed by atoms with E-state index in [1.165, 1.54) is 0 Å². The zero-order valence-corrected chi connectivity index (χ0v) is 24.1. The summed E-state index contributed by atoms with van der Waals surface area (Å²) in [5.41, 5.74) is 5.82. The SMILES string of the molecule is CCOC(=O)C[C@@H](N)C1CCC(F)(F)CC1.CCOC(=O)C[C@@H](N[S@@](=O)C(C)(C)C)C1CCC(F)(F)CC1. The number of carbonyl (C=O) groups is 2. The molecule has 2 aliphatic carbocycles. The van der Waals surface area contributed by atoms with Gasteiger partial charge in [0.25, 0.3) is 0 Å². The highest BCUT2D eigenvalue weighted by molar-refractivity contribution is 7.84. The van der Waals surface area contributed by atoms with Crippen molar-refractivity contribution in [2.75, 3.05) is 13.2 Å². The summed E-state index contributed by atoms with van der Waals surface area (Å²) >= 11 is 0. The molecule has 0 aliphatic heterocycles. The minimum absolute atomic E-state index is 0.0176. The molecule has 0 amide bonds. The zero-order valence-electron chi connectivity index (χ0n) is 23.3. The quantitative estimate of drug-likeness (QED) is 0.272. The van der Waals surface area contributed by atoms with E-state index in [2.05, 4.69) is 4.72 Å². The van der Waals surface area contributed by atoms with Gasteiger partial charge in [0.2, 0.25) is 11.8 Å². The van der Waals surface area contributed by atoms with E-state index >= 15 is 0 Å². The van der Waals surface area contributed by atoms with E-state index in [-0.39, 0.29) is 74.9 Å². The molecule has 2 rings (SSSR count). The lowest BCUT2D eigenvalue weighted by atomic mass is 9.81. The maximum atomic E-state index is 13.3. The standard InChI is InChI=1S/C15H27F2NO3S.C11H19F2NO2/c1-5-21-13(19)10-12(18-22(20)14(2,3)4)11-6-8-15(16,17)9-7-11;1-2-16-10(15)7-9(14)8-3-5-11(12,13)6-4-8/h11-12,18H,5-10H2,1-4H3;8-9H,2-7,14H2,1H3/t12-,22+;9-/m11/s1. The molecule has 38 heavy (non-hydrogen) atoms. The fraction of sp³-hybridized carbons (Fsp3) is 0.923. The number of nitrogens with one attached hydrogen (secondary N) is 1. The van der Waals surface area contributed by atoms with E-state index in [0.29, 0.717) is 32.3 Å². The summed E-state index contributed by atoms with van der Waals surface area (Å²) in [4.78, 5) is 22.9. The van der Waals surface area contributed by atoms with Crippen LogP contribution < -0.4 is 10.5 Å². The molecule has 2 saturated carbocycles. The lowest BCUT2D eigenvalue weighted by molar-refractivity contribution is -0.145. The van der Waals surface area contributed by atoms with Crippen molar-refractivity contribution in [2.45, 2.75) is 128 Å². The largest absolute Gasteiger partial charge is 0.466 e. The fourth-order valence-corrected chi connectivity index (χ4v) is 5.46. The summed E-state index contributed by atoms with van der Waals surface area (Å²) in [5.74, 6) is -5.95. The van der Waals surface area contributed by atoms with Crippen molar-refractivity contribution in [2.24, 2.45) is 17.6 Å². The van der Waals surface area contributed by atoms with Crippen LogP contribution in [-0.4, -0.2) is 58.0 Å². The van der Waals surface area contributed by atoms with Gasteiger partial charge in [-0.25, -0.2) is 26.5 Å². The molecule has 0 spiro atoms. The maximum absolute atomic E-state index is 13.3. The predicted molar refractivity (Wildman–Crippen MR) is 139 cm³/mol. The highest BCUT2D eigenvalue weighted by Gasteiger charge is 2.40. The predicted octanol–water partition coefficient (Wildman–Crippen LogP) is 5.28. The van der Waals surface area contributed by atoms with Gasteiger partial charge in [-0.05, 0) is 72.1 Å². The lowest BCUT2D eigenvalue weighted by Gasteiger charge is -2.34. The van der Waals surface area contributed by atoms with Crippen LogP contribution in [0.1, 0.15) is 98.8 Å². The number of esters is 2. The zero-order chi connectivity index (χ0) is 29.1. The Morgan fingerprint density at radius 1 is 0.868 bits per heavy atom. The van der Waals surface area contributed by atoms with Gasteiger partial charge in [-0.3, -0.25) is 9.59 Å². The van der Waals surface area contributed by atoms with E-state index in [4.69, 9.17) is 15.2 Å². The van der Waals surface area contributed by atoms with Crippen molar-refractivity contribution in [3.8, 4) is 0 Å². The summed E-state index contributed by atoms with van der Waals surface area (Å²) in [6, 6.07) is -0.745. The van der Waals surface area contributed by atoms with Gasteiger partial charge in [-0.2, -0.15) is 0 Å². The third-order valence-electron chi connectivity index (χ3n) is 6.91. The number of carbonyl (C=O) groups excluding carboxylic acids is 2. The fourth-order valence-electron chi connectivity index (χ4n) is 4.55. The summed E-state index contributed by atoms with van der Waals surface area (Å²) in [5, 5.41) is 0. The van der Waals surface area contributed by atoms with Gasteiger partial charge in [0.05, 0.1) is 41.8 Å². The molecule has 3 atom stereocenters. The number of hydrogen-bond donors (Lipinski definition) is 2. The average molecular weight is 575 g/mol. The first-order valence-corrected chi connectivity index (χ1v) is 14.6. The molecule has 3 N–H and O–H groups in total. The number of ether oxygens (including phenoxy) is 2. The number of alkyl halides is 4. The molecular formula is C26H46F4N2O5S. The Morgan fingerprint density at radius 3 is 1.66 bits per heavy atom. The van der Waals surface area contributed by atoms with Crippen molar-refractivity contribution < 1.29 is 40.8 Å². The first-order chi connectivity index (χ1) is 17.5. The summed E-state index contributed by atoms with van der Waals surface area (Å²) in [6.45, 7) is 9.52. The Bertz CT molecular complexity index is 759.